The van der Waals surface area contributed by atoms with Gasteiger partial charge in [0.15, 0.2) is 11.5 Å². The minimum absolute atomic E-state index is 0.0708. The highest BCUT2D eigenvalue weighted by Crippen LogP contribution is 2.35. The monoisotopic (exact) mass is 265 g/mol. The number of hydrogen-bond donors (Lipinski definition) is 1. The highest BCUT2D eigenvalue weighted by Gasteiger charge is 2.25. The number of piperidine rings is 1. The molecule has 0 saturated carbocycles. The van der Waals surface area contributed by atoms with Gasteiger partial charge in [-0.2, -0.15) is 0 Å². The van der Waals surface area contributed by atoms with E-state index in [1.807, 2.05) is 12.1 Å². The third-order valence-electron chi connectivity index (χ3n) is 3.79. The first kappa shape index (κ1) is 12.7. The van der Waals surface area contributed by atoms with Gasteiger partial charge >= 0.3 is 0 Å². The van der Waals surface area contributed by atoms with Crippen LogP contribution in [0.1, 0.15) is 37.4 Å². The van der Waals surface area contributed by atoms with Crippen molar-refractivity contribution in [2.45, 2.75) is 37.9 Å². The number of ether oxygens (including phenoxy) is 2. The summed E-state index contributed by atoms with van der Waals surface area (Å²) in [6.07, 6.45) is 3.04. The Balaban J connectivity index is 1.78. The Kier molecular flexibility index (Phi) is 3.87. The third kappa shape index (κ3) is 2.84. The van der Waals surface area contributed by atoms with Crippen LogP contribution in [0.2, 0.25) is 0 Å². The van der Waals surface area contributed by atoms with Crippen LogP contribution in [0.4, 0.5) is 4.39 Å². The van der Waals surface area contributed by atoms with Gasteiger partial charge < -0.3 is 14.8 Å². The smallest absolute Gasteiger partial charge is 0.161 e. The van der Waals surface area contributed by atoms with Gasteiger partial charge in [0, 0.05) is 12.5 Å². The van der Waals surface area contributed by atoms with Crippen LogP contribution in [-0.2, 0) is 0 Å². The van der Waals surface area contributed by atoms with Gasteiger partial charge in [-0.05, 0) is 37.1 Å². The molecule has 19 heavy (non-hydrogen) atoms. The Labute approximate surface area is 113 Å². The maximum absolute atomic E-state index is 14.5. The van der Waals surface area contributed by atoms with Crippen LogP contribution < -0.4 is 14.8 Å². The molecule has 0 aromatic heterocycles. The van der Waals surface area contributed by atoms with E-state index in [0.717, 1.165) is 38.0 Å². The average Bonchev–Trinajstić information content (AvgIpc) is 2.72. The molecule has 1 N–H and O–H groups in total. The molecule has 4 heteroatoms. The van der Waals surface area contributed by atoms with E-state index in [2.05, 4.69) is 5.32 Å². The summed E-state index contributed by atoms with van der Waals surface area (Å²) < 4.78 is 25.7. The van der Waals surface area contributed by atoms with Crippen molar-refractivity contribution >= 4 is 0 Å². The number of halogens is 1. The van der Waals surface area contributed by atoms with Crippen LogP contribution in [-0.4, -0.2) is 25.8 Å². The van der Waals surface area contributed by atoms with E-state index in [-0.39, 0.29) is 6.04 Å². The fraction of sp³-hybridized carbons (Fsp3) is 0.600. The second kappa shape index (κ2) is 5.78. The Morgan fingerprint density at radius 1 is 1.11 bits per heavy atom. The zero-order valence-corrected chi connectivity index (χ0v) is 11.0. The van der Waals surface area contributed by atoms with E-state index in [9.17, 15) is 4.39 Å². The largest absolute Gasteiger partial charge is 0.490 e. The summed E-state index contributed by atoms with van der Waals surface area (Å²) in [5, 5.41) is 3.26. The number of nitrogens with one attached hydrogen (secondary N) is 1. The normalized spacial score (nSPS) is 24.6. The van der Waals surface area contributed by atoms with Gasteiger partial charge in [-0.25, -0.2) is 4.39 Å². The van der Waals surface area contributed by atoms with E-state index in [0.29, 0.717) is 24.5 Å². The topological polar surface area (TPSA) is 30.5 Å². The molecule has 0 amide bonds. The molecular weight excluding hydrogens is 245 g/mol. The van der Waals surface area contributed by atoms with Gasteiger partial charge in [-0.15, -0.1) is 0 Å². The predicted molar refractivity (Wildman–Crippen MR) is 71.5 cm³/mol. The second-order valence-corrected chi connectivity index (χ2v) is 5.21. The van der Waals surface area contributed by atoms with Crippen molar-refractivity contribution in [3.8, 4) is 11.5 Å². The maximum Gasteiger partial charge on any atom is 0.161 e. The first-order valence-electron chi connectivity index (χ1n) is 7.11. The quantitative estimate of drug-likeness (QED) is 0.891. The fourth-order valence-electron chi connectivity index (χ4n) is 2.71. The van der Waals surface area contributed by atoms with Crippen molar-refractivity contribution in [2.75, 3.05) is 19.8 Å². The highest BCUT2D eigenvalue weighted by molar-refractivity contribution is 5.44. The van der Waals surface area contributed by atoms with Crippen molar-refractivity contribution in [3.05, 3.63) is 23.8 Å². The van der Waals surface area contributed by atoms with Crippen molar-refractivity contribution in [1.82, 2.24) is 5.32 Å². The van der Waals surface area contributed by atoms with Crippen LogP contribution in [0.25, 0.3) is 0 Å². The molecule has 0 bridgehead atoms. The lowest BCUT2D eigenvalue weighted by molar-refractivity contribution is 0.220. The molecule has 2 heterocycles. The minimum atomic E-state index is -0.975. The van der Waals surface area contributed by atoms with Crippen LogP contribution in [0, 0.1) is 0 Å². The van der Waals surface area contributed by atoms with Gasteiger partial charge in [0.1, 0.15) is 6.17 Å². The standard InChI is InChI=1S/C15H20FNO2/c16-15(12-4-1-2-7-17-12)11-5-6-13-14(10-11)19-9-3-8-18-13/h5-6,10,12,15,17H,1-4,7-9H2. The molecule has 0 aliphatic carbocycles. The summed E-state index contributed by atoms with van der Waals surface area (Å²) >= 11 is 0. The summed E-state index contributed by atoms with van der Waals surface area (Å²) in [6.45, 7) is 2.21. The SMILES string of the molecule is FC(c1ccc2c(c1)OCCCO2)C1CCCCN1. The Morgan fingerprint density at radius 3 is 2.74 bits per heavy atom. The molecular formula is C15H20FNO2. The molecule has 1 aromatic carbocycles. The van der Waals surface area contributed by atoms with Gasteiger partial charge in [0.2, 0.25) is 0 Å². The lowest BCUT2D eigenvalue weighted by atomic mass is 9.96. The van der Waals surface area contributed by atoms with Crippen molar-refractivity contribution < 1.29 is 13.9 Å². The number of alkyl halides is 1. The molecule has 0 spiro atoms. The van der Waals surface area contributed by atoms with Gasteiger partial charge in [0.25, 0.3) is 0 Å². The van der Waals surface area contributed by atoms with Crippen molar-refractivity contribution in [3.63, 3.8) is 0 Å². The van der Waals surface area contributed by atoms with E-state index in [1.54, 1.807) is 6.07 Å². The zero-order chi connectivity index (χ0) is 13.1. The molecule has 2 aliphatic rings. The second-order valence-electron chi connectivity index (χ2n) is 5.21. The molecule has 3 rings (SSSR count). The Morgan fingerprint density at radius 2 is 1.95 bits per heavy atom. The van der Waals surface area contributed by atoms with Crippen molar-refractivity contribution in [1.29, 1.82) is 0 Å². The number of hydrogen-bond acceptors (Lipinski definition) is 3. The van der Waals surface area contributed by atoms with E-state index < -0.39 is 6.17 Å². The number of benzene rings is 1. The molecule has 3 nitrogen and oxygen atoms in total. The Bertz CT molecular complexity index is 432. The van der Waals surface area contributed by atoms with Gasteiger partial charge in [0.05, 0.1) is 13.2 Å². The van der Waals surface area contributed by atoms with Crippen LogP contribution in [0.15, 0.2) is 18.2 Å². The fourth-order valence-corrected chi connectivity index (χ4v) is 2.71. The van der Waals surface area contributed by atoms with Gasteiger partial charge in [-0.1, -0.05) is 12.5 Å². The summed E-state index contributed by atoms with van der Waals surface area (Å²) in [7, 11) is 0. The summed E-state index contributed by atoms with van der Waals surface area (Å²) in [4.78, 5) is 0. The molecule has 1 saturated heterocycles. The molecule has 2 unspecified atom stereocenters. The molecule has 2 aliphatic heterocycles. The Hall–Kier alpha value is -1.29. The number of fused-ring (bicyclic) bond motifs is 1. The highest BCUT2D eigenvalue weighted by atomic mass is 19.1. The average molecular weight is 265 g/mol. The summed E-state index contributed by atoms with van der Waals surface area (Å²) in [5.41, 5.74) is 0.684. The third-order valence-corrected chi connectivity index (χ3v) is 3.79. The van der Waals surface area contributed by atoms with Crippen molar-refractivity contribution in [2.24, 2.45) is 0 Å². The lowest BCUT2D eigenvalue weighted by Gasteiger charge is -2.27. The molecule has 104 valence electrons. The summed E-state index contributed by atoms with van der Waals surface area (Å²) in [5.74, 6) is 1.40. The van der Waals surface area contributed by atoms with Gasteiger partial charge in [-0.3, -0.25) is 0 Å². The minimum Gasteiger partial charge on any atom is -0.490 e. The maximum atomic E-state index is 14.5. The molecule has 1 fully saturated rings. The molecule has 2 atom stereocenters. The lowest BCUT2D eigenvalue weighted by Crippen LogP contribution is -2.37. The van der Waals surface area contributed by atoms with Crippen LogP contribution >= 0.6 is 0 Å². The first-order valence-corrected chi connectivity index (χ1v) is 7.11. The van der Waals surface area contributed by atoms with E-state index >= 15 is 0 Å². The molecule has 0 radical (unpaired) electrons. The van der Waals surface area contributed by atoms with E-state index in [1.165, 1.54) is 0 Å². The molecule has 1 aromatic rings. The van der Waals surface area contributed by atoms with Crippen LogP contribution in [0.5, 0.6) is 11.5 Å². The predicted octanol–water partition coefficient (Wildman–Crippen LogP) is 3.00. The zero-order valence-electron chi connectivity index (χ0n) is 11.0. The first-order chi connectivity index (χ1) is 9.34. The van der Waals surface area contributed by atoms with Crippen LogP contribution in [0.3, 0.4) is 0 Å². The van der Waals surface area contributed by atoms with E-state index in [4.69, 9.17) is 9.47 Å². The summed E-state index contributed by atoms with van der Waals surface area (Å²) in [6, 6.07) is 5.36. The number of rotatable bonds is 2.